The molecule has 0 saturated carbocycles. The topological polar surface area (TPSA) is 153 Å². The fourth-order valence-corrected chi connectivity index (χ4v) is 3.37. The zero-order valence-electron chi connectivity index (χ0n) is 16.9. The highest BCUT2D eigenvalue weighted by Crippen LogP contribution is 2.27. The number of hydrogen-bond donors (Lipinski definition) is 2. The summed E-state index contributed by atoms with van der Waals surface area (Å²) in [6.45, 7) is 2.19. The van der Waals surface area contributed by atoms with Gasteiger partial charge >= 0.3 is 5.69 Å². The van der Waals surface area contributed by atoms with E-state index in [-0.39, 0.29) is 29.7 Å². The normalized spacial score (nSPS) is 11.2. The molecule has 2 N–H and O–H groups in total. The molecule has 5 heterocycles. The minimum atomic E-state index is -0.492. The summed E-state index contributed by atoms with van der Waals surface area (Å²) < 4.78 is 3.36. The Labute approximate surface area is 180 Å². The van der Waals surface area contributed by atoms with Crippen molar-refractivity contribution in [2.75, 3.05) is 10.6 Å². The first-order chi connectivity index (χ1) is 15.6. The van der Waals surface area contributed by atoms with Crippen LogP contribution >= 0.6 is 0 Å². The second kappa shape index (κ2) is 7.86. The van der Waals surface area contributed by atoms with E-state index in [1.54, 1.807) is 58.9 Å². The van der Waals surface area contributed by atoms with E-state index >= 15 is 0 Å². The van der Waals surface area contributed by atoms with E-state index in [4.69, 9.17) is 0 Å². The molecule has 0 aliphatic carbocycles. The summed E-state index contributed by atoms with van der Waals surface area (Å²) in [5.74, 6) is 0.368. The largest absolute Gasteiger partial charge is 0.359 e. The van der Waals surface area contributed by atoms with Gasteiger partial charge in [0.05, 0.1) is 41.8 Å². The second-order valence-corrected chi connectivity index (χ2v) is 6.87. The average Bonchev–Trinajstić information content (AvgIpc) is 3.45. The number of nitrogens with zero attached hydrogens (tertiary/aromatic N) is 9. The third-order valence-electron chi connectivity index (χ3n) is 4.84. The van der Waals surface area contributed by atoms with Gasteiger partial charge in [0.2, 0.25) is 11.8 Å². The molecule has 0 saturated heterocycles. The first kappa shape index (κ1) is 19.3. The summed E-state index contributed by atoms with van der Waals surface area (Å²) in [5, 5.41) is 26.3. The molecule has 0 aliphatic rings. The zero-order chi connectivity index (χ0) is 22.1. The highest BCUT2D eigenvalue weighted by molar-refractivity contribution is 5.61. The Kier molecular flexibility index (Phi) is 4.74. The van der Waals surface area contributed by atoms with E-state index in [9.17, 15) is 10.1 Å². The number of rotatable bonds is 7. The van der Waals surface area contributed by atoms with E-state index in [1.807, 2.05) is 6.07 Å². The SMILES string of the molecule is Cc1nc(NCc2ccnc3ccnn23)nc(NCc2ccnc3ccnn23)c1[N+](=O)[O-]. The average molecular weight is 431 g/mol. The fourth-order valence-electron chi connectivity index (χ4n) is 3.37. The van der Waals surface area contributed by atoms with E-state index in [2.05, 4.69) is 40.8 Å². The minimum Gasteiger partial charge on any atom is -0.359 e. The molecular formula is C19H17N11O2. The van der Waals surface area contributed by atoms with Crippen LogP contribution < -0.4 is 10.6 Å². The number of aryl methyl sites for hydroxylation is 1. The number of fused-ring (bicyclic) bond motifs is 2. The van der Waals surface area contributed by atoms with Crippen LogP contribution in [0, 0.1) is 17.0 Å². The maximum atomic E-state index is 11.7. The van der Waals surface area contributed by atoms with Crippen LogP contribution in [0.5, 0.6) is 0 Å². The predicted molar refractivity (Wildman–Crippen MR) is 114 cm³/mol. The fraction of sp³-hybridized carbons (Fsp3) is 0.158. The lowest BCUT2D eigenvalue weighted by molar-refractivity contribution is -0.385. The van der Waals surface area contributed by atoms with Crippen LogP contribution in [-0.4, -0.2) is 44.1 Å². The van der Waals surface area contributed by atoms with Gasteiger partial charge in [0, 0.05) is 24.5 Å². The summed E-state index contributed by atoms with van der Waals surface area (Å²) >= 11 is 0. The molecular weight excluding hydrogens is 414 g/mol. The Morgan fingerprint density at radius 3 is 2.06 bits per heavy atom. The monoisotopic (exact) mass is 431 g/mol. The minimum absolute atomic E-state index is 0.112. The second-order valence-electron chi connectivity index (χ2n) is 6.87. The van der Waals surface area contributed by atoms with Crippen molar-refractivity contribution in [3.05, 3.63) is 76.2 Å². The number of aromatic nitrogens is 8. The van der Waals surface area contributed by atoms with Gasteiger partial charge in [0.15, 0.2) is 11.3 Å². The molecule has 0 bridgehead atoms. The van der Waals surface area contributed by atoms with E-state index in [0.717, 1.165) is 17.0 Å². The van der Waals surface area contributed by atoms with Gasteiger partial charge in [0.1, 0.15) is 5.69 Å². The highest BCUT2D eigenvalue weighted by Gasteiger charge is 2.22. The third kappa shape index (κ3) is 3.51. The zero-order valence-corrected chi connectivity index (χ0v) is 16.9. The third-order valence-corrected chi connectivity index (χ3v) is 4.84. The quantitative estimate of drug-likeness (QED) is 0.289. The molecule has 0 unspecified atom stereocenters. The lowest BCUT2D eigenvalue weighted by Crippen LogP contribution is -2.13. The molecule has 0 radical (unpaired) electrons. The van der Waals surface area contributed by atoms with Crippen molar-refractivity contribution in [2.24, 2.45) is 0 Å². The number of nitro groups is 1. The molecule has 0 atom stereocenters. The van der Waals surface area contributed by atoms with Gasteiger partial charge in [-0.2, -0.15) is 15.2 Å². The lowest BCUT2D eigenvalue weighted by atomic mass is 10.3. The summed E-state index contributed by atoms with van der Waals surface area (Å²) in [6.07, 6.45) is 6.65. The molecule has 32 heavy (non-hydrogen) atoms. The summed E-state index contributed by atoms with van der Waals surface area (Å²) in [5.41, 5.74) is 3.08. The molecule has 0 aliphatic heterocycles. The van der Waals surface area contributed by atoms with Gasteiger partial charge in [-0.15, -0.1) is 0 Å². The van der Waals surface area contributed by atoms with Crippen LogP contribution in [0.4, 0.5) is 17.5 Å². The van der Waals surface area contributed by atoms with E-state index in [1.165, 1.54) is 0 Å². The molecule has 0 fully saturated rings. The molecule has 0 amide bonds. The number of nitrogens with one attached hydrogen (secondary N) is 2. The Morgan fingerprint density at radius 2 is 1.47 bits per heavy atom. The van der Waals surface area contributed by atoms with Gasteiger partial charge in [-0.25, -0.2) is 24.0 Å². The van der Waals surface area contributed by atoms with Crippen LogP contribution in [0.1, 0.15) is 17.1 Å². The first-order valence-corrected chi connectivity index (χ1v) is 9.66. The van der Waals surface area contributed by atoms with Crippen LogP contribution in [0.25, 0.3) is 11.3 Å². The van der Waals surface area contributed by atoms with Crippen LogP contribution in [0.15, 0.2) is 49.1 Å². The lowest BCUT2D eigenvalue weighted by Gasteiger charge is -2.12. The summed E-state index contributed by atoms with van der Waals surface area (Å²) in [4.78, 5) is 28.2. The van der Waals surface area contributed by atoms with Crippen molar-refractivity contribution >= 4 is 28.7 Å². The molecule has 0 spiro atoms. The van der Waals surface area contributed by atoms with Crippen molar-refractivity contribution in [1.82, 2.24) is 39.2 Å². The molecule has 0 aromatic carbocycles. The standard InChI is InChI=1S/C19H17N11O2/c1-12-17(30(31)32)18(22-10-13-2-6-20-15-4-8-24-28(13)15)27-19(26-12)23-11-14-3-7-21-16-5-9-25-29(14)16/h2-9H,10-11H2,1H3,(H2,22,23,26,27). The van der Waals surface area contributed by atoms with Crippen LogP contribution in [0.3, 0.4) is 0 Å². The smallest absolute Gasteiger partial charge is 0.332 e. The molecule has 13 nitrogen and oxygen atoms in total. The number of anilines is 2. The molecule has 5 aromatic heterocycles. The Balaban J connectivity index is 1.41. The van der Waals surface area contributed by atoms with Crippen molar-refractivity contribution in [2.45, 2.75) is 20.0 Å². The van der Waals surface area contributed by atoms with Crippen molar-refractivity contribution in [3.8, 4) is 0 Å². The van der Waals surface area contributed by atoms with Crippen molar-refractivity contribution < 1.29 is 4.92 Å². The van der Waals surface area contributed by atoms with Gasteiger partial charge in [-0.3, -0.25) is 10.1 Å². The van der Waals surface area contributed by atoms with Gasteiger partial charge in [-0.05, 0) is 19.1 Å². The molecule has 5 aromatic rings. The van der Waals surface area contributed by atoms with Gasteiger partial charge in [0.25, 0.3) is 0 Å². The Bertz CT molecular complexity index is 1440. The maximum absolute atomic E-state index is 11.7. The van der Waals surface area contributed by atoms with Crippen LogP contribution in [-0.2, 0) is 13.1 Å². The van der Waals surface area contributed by atoms with Gasteiger partial charge in [-0.1, -0.05) is 0 Å². The molecule has 160 valence electrons. The molecule has 13 heteroatoms. The summed E-state index contributed by atoms with van der Waals surface area (Å²) in [6, 6.07) is 7.18. The number of hydrogen-bond acceptors (Lipinski definition) is 10. The van der Waals surface area contributed by atoms with Crippen LogP contribution in [0.2, 0.25) is 0 Å². The predicted octanol–water partition coefficient (Wildman–Crippen LogP) is 2.00. The highest BCUT2D eigenvalue weighted by atomic mass is 16.6. The van der Waals surface area contributed by atoms with E-state index in [0.29, 0.717) is 12.2 Å². The van der Waals surface area contributed by atoms with Crippen molar-refractivity contribution in [1.29, 1.82) is 0 Å². The Hall–Kier alpha value is -4.68. The summed E-state index contributed by atoms with van der Waals surface area (Å²) in [7, 11) is 0. The van der Waals surface area contributed by atoms with E-state index < -0.39 is 4.92 Å². The first-order valence-electron chi connectivity index (χ1n) is 9.66. The molecule has 5 rings (SSSR count). The van der Waals surface area contributed by atoms with Crippen molar-refractivity contribution in [3.63, 3.8) is 0 Å². The van der Waals surface area contributed by atoms with Gasteiger partial charge < -0.3 is 10.6 Å². The maximum Gasteiger partial charge on any atom is 0.332 e. The Morgan fingerprint density at radius 1 is 0.875 bits per heavy atom.